The third kappa shape index (κ3) is 4.45. The van der Waals surface area contributed by atoms with E-state index in [-0.39, 0.29) is 12.2 Å². The third-order valence-corrected chi connectivity index (χ3v) is 3.03. The minimum absolute atomic E-state index is 0.124. The molecule has 0 aliphatic rings. The summed E-state index contributed by atoms with van der Waals surface area (Å²) < 4.78 is 4.40. The molecule has 0 unspecified atom stereocenters. The second-order valence-corrected chi connectivity index (χ2v) is 4.52. The van der Waals surface area contributed by atoms with Crippen LogP contribution in [0.3, 0.4) is 0 Å². The summed E-state index contributed by atoms with van der Waals surface area (Å²) in [6, 6.07) is 5.26. The van der Waals surface area contributed by atoms with E-state index in [0.29, 0.717) is 12.1 Å². The molecular formula is C14H16N4O5. The van der Waals surface area contributed by atoms with Crippen LogP contribution in [0.4, 0.5) is 11.4 Å². The van der Waals surface area contributed by atoms with Crippen LogP contribution in [0.5, 0.6) is 0 Å². The molecule has 0 radical (unpaired) electrons. The van der Waals surface area contributed by atoms with Gasteiger partial charge < -0.3 is 15.2 Å². The predicted molar refractivity (Wildman–Crippen MR) is 81.0 cm³/mol. The number of unbranched alkanes of at least 4 members (excludes halogenated alkanes) is 1. The maximum absolute atomic E-state index is 12.4. The number of ether oxygens (including phenoxy) is 1. The Morgan fingerprint density at radius 2 is 1.96 bits per heavy atom. The maximum Gasteiger partial charge on any atom is 0.463 e. The highest BCUT2D eigenvalue weighted by atomic mass is 16.6. The summed E-state index contributed by atoms with van der Waals surface area (Å²) in [5.74, 6) is -1.91. The zero-order valence-electron chi connectivity index (χ0n) is 12.8. The Labute approximate surface area is 132 Å². The highest BCUT2D eigenvalue weighted by Crippen LogP contribution is 2.20. The molecule has 0 fully saturated rings. The van der Waals surface area contributed by atoms with Crippen LogP contribution in [0.15, 0.2) is 24.3 Å². The lowest BCUT2D eigenvalue weighted by molar-refractivity contribution is -0.384. The Kier molecular flexibility index (Phi) is 6.57. The van der Waals surface area contributed by atoms with Crippen molar-refractivity contribution in [3.63, 3.8) is 0 Å². The molecule has 0 atom stereocenters. The van der Waals surface area contributed by atoms with Gasteiger partial charge in [0, 0.05) is 24.4 Å². The number of nitrogens with zero attached hydrogens (tertiary/aromatic N) is 4. The number of hydrogen-bond donors (Lipinski definition) is 0. The molecule has 1 aromatic carbocycles. The Bertz CT molecular complexity index is 650. The first kappa shape index (κ1) is 18.0. The zero-order chi connectivity index (χ0) is 17.4. The predicted octanol–water partition coefficient (Wildman–Crippen LogP) is 1.57. The van der Waals surface area contributed by atoms with Gasteiger partial charge in [0.25, 0.3) is 5.69 Å². The highest BCUT2D eigenvalue weighted by molar-refractivity contribution is 6.64. The fourth-order valence-corrected chi connectivity index (χ4v) is 1.81. The van der Waals surface area contributed by atoms with Crippen LogP contribution in [-0.4, -0.2) is 41.0 Å². The van der Waals surface area contributed by atoms with Crippen molar-refractivity contribution in [1.29, 1.82) is 0 Å². The minimum Gasteiger partial charge on any atom is -0.460 e. The van der Waals surface area contributed by atoms with Gasteiger partial charge in [-0.15, -0.1) is 0 Å². The Morgan fingerprint density at radius 1 is 1.35 bits per heavy atom. The summed E-state index contributed by atoms with van der Waals surface area (Å²) in [6.45, 7) is 2.17. The van der Waals surface area contributed by atoms with Gasteiger partial charge in [-0.1, -0.05) is 13.3 Å². The number of rotatable bonds is 7. The van der Waals surface area contributed by atoms with Gasteiger partial charge in [-0.3, -0.25) is 14.9 Å². The van der Waals surface area contributed by atoms with Gasteiger partial charge in [0.15, 0.2) is 0 Å². The largest absolute Gasteiger partial charge is 0.463 e. The third-order valence-electron chi connectivity index (χ3n) is 3.03. The van der Waals surface area contributed by atoms with Gasteiger partial charge in [-0.25, -0.2) is 4.79 Å². The van der Waals surface area contributed by atoms with Crippen molar-refractivity contribution in [2.24, 2.45) is 0 Å². The van der Waals surface area contributed by atoms with Gasteiger partial charge in [0.2, 0.25) is 0 Å². The van der Waals surface area contributed by atoms with E-state index in [1.165, 1.54) is 29.2 Å². The van der Waals surface area contributed by atoms with Crippen LogP contribution in [0.1, 0.15) is 19.8 Å². The molecule has 0 heterocycles. The Morgan fingerprint density at radius 3 is 2.39 bits per heavy atom. The molecule has 23 heavy (non-hydrogen) atoms. The average Bonchev–Trinajstić information content (AvgIpc) is 2.56. The fourth-order valence-electron chi connectivity index (χ4n) is 1.81. The molecule has 1 amide bonds. The van der Waals surface area contributed by atoms with Crippen LogP contribution in [0.2, 0.25) is 0 Å². The number of esters is 1. The van der Waals surface area contributed by atoms with Crippen LogP contribution in [0, 0.1) is 10.1 Å². The second-order valence-electron chi connectivity index (χ2n) is 4.52. The summed E-state index contributed by atoms with van der Waals surface area (Å²) in [5, 5.41) is 10.7. The molecule has 1 rings (SSSR count). The first-order chi connectivity index (χ1) is 11.0. The molecule has 9 heteroatoms. The number of benzene rings is 1. The van der Waals surface area contributed by atoms with E-state index in [0.717, 1.165) is 13.5 Å². The lowest BCUT2D eigenvalue weighted by Gasteiger charge is -2.20. The first-order valence-electron chi connectivity index (χ1n) is 6.82. The van der Waals surface area contributed by atoms with Crippen LogP contribution < -0.4 is 4.90 Å². The number of methoxy groups -OCH3 is 1. The van der Waals surface area contributed by atoms with Gasteiger partial charge in [0.05, 0.1) is 12.0 Å². The zero-order valence-corrected chi connectivity index (χ0v) is 12.8. The molecule has 9 nitrogen and oxygen atoms in total. The Balaban J connectivity index is 3.17. The molecule has 0 N–H and O–H groups in total. The smallest absolute Gasteiger partial charge is 0.460 e. The van der Waals surface area contributed by atoms with Crippen molar-refractivity contribution in [2.75, 3.05) is 18.6 Å². The van der Waals surface area contributed by atoms with E-state index in [2.05, 4.69) is 9.53 Å². The number of carbonyl (C=O) groups is 2. The summed E-state index contributed by atoms with van der Waals surface area (Å²) in [5.41, 5.74) is 8.35. The van der Waals surface area contributed by atoms with Gasteiger partial charge >= 0.3 is 17.6 Å². The maximum atomic E-state index is 12.4. The Hall–Kier alpha value is -3.06. The van der Waals surface area contributed by atoms with Crippen LogP contribution in [-0.2, 0) is 14.3 Å². The summed E-state index contributed by atoms with van der Waals surface area (Å²) in [4.78, 5) is 37.9. The van der Waals surface area contributed by atoms with Crippen molar-refractivity contribution in [3.8, 4) is 0 Å². The highest BCUT2D eigenvalue weighted by Gasteiger charge is 2.35. The lowest BCUT2D eigenvalue weighted by Crippen LogP contribution is -2.41. The van der Waals surface area contributed by atoms with Crippen molar-refractivity contribution in [3.05, 3.63) is 39.9 Å². The molecule has 0 spiro atoms. The SMILES string of the molecule is CCCCN(C(=O)C(=[N+]=[N-])C(=O)OC)c1ccc([N+](=O)[O-])cc1. The standard InChI is InChI=1S/C14H16N4O5/c1-3-4-9-17(13(19)12(16-15)14(20)23-2)10-5-7-11(8-6-10)18(21)22/h5-8H,3-4,9H2,1-2H3. The monoisotopic (exact) mass is 320 g/mol. The van der Waals surface area contributed by atoms with Crippen molar-refractivity contribution < 1.29 is 24.0 Å². The normalized spacial score (nSPS) is 9.65. The summed E-state index contributed by atoms with van der Waals surface area (Å²) in [6.07, 6.45) is 1.41. The van der Waals surface area contributed by atoms with Crippen molar-refractivity contribution in [2.45, 2.75) is 19.8 Å². The van der Waals surface area contributed by atoms with E-state index in [1.807, 2.05) is 6.92 Å². The molecule has 0 aliphatic carbocycles. The van der Waals surface area contributed by atoms with Gasteiger partial charge in [-0.2, -0.15) is 4.79 Å². The van der Waals surface area contributed by atoms with E-state index in [9.17, 15) is 19.7 Å². The van der Waals surface area contributed by atoms with E-state index < -0.39 is 22.5 Å². The number of nitro groups is 1. The summed E-state index contributed by atoms with van der Waals surface area (Å²) >= 11 is 0. The van der Waals surface area contributed by atoms with Gasteiger partial charge in [0.1, 0.15) is 0 Å². The minimum atomic E-state index is -1.07. The van der Waals surface area contributed by atoms with Crippen LogP contribution >= 0.6 is 0 Å². The second kappa shape index (κ2) is 8.40. The number of nitro benzene ring substituents is 1. The van der Waals surface area contributed by atoms with Crippen LogP contribution in [0.25, 0.3) is 5.53 Å². The molecule has 0 aromatic heterocycles. The fraction of sp³-hybridized carbons (Fsp3) is 0.357. The number of carbonyl (C=O) groups excluding carboxylic acids is 2. The quantitative estimate of drug-likeness (QED) is 0.143. The van der Waals surface area contributed by atoms with E-state index in [4.69, 9.17) is 5.53 Å². The molecule has 0 aliphatic heterocycles. The molecule has 0 saturated heterocycles. The van der Waals surface area contributed by atoms with Crippen molar-refractivity contribution in [1.82, 2.24) is 0 Å². The first-order valence-corrected chi connectivity index (χ1v) is 6.82. The molecule has 1 aromatic rings. The lowest BCUT2D eigenvalue weighted by atomic mass is 10.2. The molecular weight excluding hydrogens is 304 g/mol. The topological polar surface area (TPSA) is 126 Å². The number of hydrogen-bond acceptors (Lipinski definition) is 5. The number of amides is 1. The average molecular weight is 320 g/mol. The van der Waals surface area contributed by atoms with E-state index in [1.54, 1.807) is 0 Å². The van der Waals surface area contributed by atoms with E-state index >= 15 is 0 Å². The van der Waals surface area contributed by atoms with Crippen molar-refractivity contribution >= 4 is 29.0 Å². The number of non-ortho nitro benzene ring substituents is 1. The molecule has 0 bridgehead atoms. The molecule has 0 saturated carbocycles. The molecule has 122 valence electrons. The van der Waals surface area contributed by atoms with Gasteiger partial charge in [-0.05, 0) is 18.6 Å². The number of anilines is 1. The summed E-state index contributed by atoms with van der Waals surface area (Å²) in [7, 11) is 1.06.